The number of aromatic amines is 1. The number of carbonyl (C=O) groups is 2. The molecule has 2 aliphatic rings. The van der Waals surface area contributed by atoms with E-state index in [1.165, 1.54) is 11.8 Å². The van der Waals surface area contributed by atoms with Gasteiger partial charge in [0.1, 0.15) is 17.7 Å². The number of unbranched alkanes of at least 4 members (excludes halogenated alkanes) is 2. The van der Waals surface area contributed by atoms with Crippen molar-refractivity contribution in [2.24, 2.45) is 0 Å². The molecule has 218 valence electrons. The van der Waals surface area contributed by atoms with Gasteiger partial charge >= 0.3 is 6.18 Å². The summed E-state index contributed by atoms with van der Waals surface area (Å²) in [4.78, 5) is 37.8. The Kier molecular flexibility index (Phi) is 8.74. The van der Waals surface area contributed by atoms with Gasteiger partial charge in [0.25, 0.3) is 5.91 Å². The van der Waals surface area contributed by atoms with Gasteiger partial charge in [0.05, 0.1) is 6.20 Å². The molecule has 2 heterocycles. The first-order valence-corrected chi connectivity index (χ1v) is 14.9. The summed E-state index contributed by atoms with van der Waals surface area (Å²) in [5.74, 6) is 0.106. The maximum atomic E-state index is 13.6. The highest BCUT2D eigenvalue weighted by atomic mass is 32.2. The van der Waals surface area contributed by atoms with E-state index in [1.807, 2.05) is 60.5 Å². The van der Waals surface area contributed by atoms with Crippen molar-refractivity contribution in [2.75, 3.05) is 45.5 Å². The molecule has 0 saturated carbocycles. The van der Waals surface area contributed by atoms with Crippen LogP contribution in [-0.2, 0) is 10.2 Å². The third kappa shape index (κ3) is 6.30. The van der Waals surface area contributed by atoms with Crippen molar-refractivity contribution < 1.29 is 22.8 Å². The fourth-order valence-electron chi connectivity index (χ4n) is 5.79. The van der Waals surface area contributed by atoms with Crippen LogP contribution < -0.4 is 5.32 Å². The fourth-order valence-corrected chi connectivity index (χ4v) is 6.64. The summed E-state index contributed by atoms with van der Waals surface area (Å²) in [5.41, 5.74) is 2.60. The topological polar surface area (TPSA) is 81.3 Å². The lowest BCUT2D eigenvalue weighted by atomic mass is 9.73. The molecule has 1 aliphatic carbocycles. The molecule has 0 spiro atoms. The summed E-state index contributed by atoms with van der Waals surface area (Å²) in [7, 11) is 2.04. The molecule has 3 aromatic rings. The van der Waals surface area contributed by atoms with Gasteiger partial charge in [-0.15, -0.1) is 0 Å². The molecule has 41 heavy (non-hydrogen) atoms. The molecule has 7 nitrogen and oxygen atoms in total. The highest BCUT2D eigenvalue weighted by Crippen LogP contribution is 2.51. The Morgan fingerprint density at radius 1 is 0.976 bits per heavy atom. The number of thioether (sulfide) groups is 1. The SMILES string of the molecule is CN1CCN(C(=O)c2cnc(SCCCCCC3(C(=O)NCC(F)(F)F)c4ccccc4-c4ccccc43)[nH]2)CC1. The van der Waals surface area contributed by atoms with Crippen LogP contribution in [0.1, 0.15) is 47.3 Å². The average Bonchev–Trinajstić information content (AvgIpc) is 3.55. The van der Waals surface area contributed by atoms with Crippen LogP contribution in [0, 0.1) is 0 Å². The third-order valence-corrected chi connectivity index (χ3v) is 8.88. The Balaban J connectivity index is 1.20. The molecule has 1 saturated heterocycles. The normalized spacial score (nSPS) is 16.3. The summed E-state index contributed by atoms with van der Waals surface area (Å²) in [6.07, 6.45) is -0.225. The Hall–Kier alpha value is -3.31. The molecular formula is C30H34F3N5O2S. The minimum Gasteiger partial charge on any atom is -0.346 e. The van der Waals surface area contributed by atoms with Crippen LogP contribution in [0.2, 0.25) is 0 Å². The molecule has 2 N–H and O–H groups in total. The predicted molar refractivity (Wildman–Crippen MR) is 153 cm³/mol. The summed E-state index contributed by atoms with van der Waals surface area (Å²) >= 11 is 1.53. The van der Waals surface area contributed by atoms with Crippen molar-refractivity contribution in [1.29, 1.82) is 0 Å². The van der Waals surface area contributed by atoms with Crippen LogP contribution in [0.3, 0.4) is 0 Å². The van der Waals surface area contributed by atoms with Crippen LogP contribution in [0.25, 0.3) is 11.1 Å². The molecule has 2 aromatic carbocycles. The number of hydrogen-bond acceptors (Lipinski definition) is 5. The van der Waals surface area contributed by atoms with E-state index in [-0.39, 0.29) is 5.91 Å². The van der Waals surface area contributed by atoms with Gasteiger partial charge in [0, 0.05) is 31.9 Å². The first-order valence-electron chi connectivity index (χ1n) is 13.9. The molecule has 0 unspecified atom stereocenters. The van der Waals surface area contributed by atoms with E-state index in [2.05, 4.69) is 20.2 Å². The molecule has 0 radical (unpaired) electrons. The number of amides is 2. The zero-order valence-electron chi connectivity index (χ0n) is 23.0. The van der Waals surface area contributed by atoms with Gasteiger partial charge in [-0.2, -0.15) is 13.2 Å². The largest absolute Gasteiger partial charge is 0.405 e. The van der Waals surface area contributed by atoms with Gasteiger partial charge in [-0.1, -0.05) is 73.1 Å². The van der Waals surface area contributed by atoms with Gasteiger partial charge in [-0.25, -0.2) is 4.98 Å². The van der Waals surface area contributed by atoms with Crippen molar-refractivity contribution >= 4 is 23.6 Å². The van der Waals surface area contributed by atoms with Gasteiger partial charge in [0.2, 0.25) is 5.91 Å². The number of nitrogens with zero attached hydrogens (tertiary/aromatic N) is 3. The maximum absolute atomic E-state index is 13.6. The Morgan fingerprint density at radius 3 is 2.24 bits per heavy atom. The third-order valence-electron chi connectivity index (χ3n) is 7.91. The number of halogens is 3. The number of piperazine rings is 1. The number of aromatic nitrogens is 2. The minimum atomic E-state index is -4.49. The van der Waals surface area contributed by atoms with Gasteiger partial charge in [0.15, 0.2) is 5.16 Å². The Labute approximate surface area is 241 Å². The van der Waals surface area contributed by atoms with E-state index in [0.717, 1.165) is 53.9 Å². The number of imidazole rings is 1. The zero-order chi connectivity index (χ0) is 29.0. The monoisotopic (exact) mass is 585 g/mol. The van der Waals surface area contributed by atoms with Crippen LogP contribution in [-0.4, -0.2) is 83.3 Å². The molecular weight excluding hydrogens is 551 g/mol. The second-order valence-electron chi connectivity index (χ2n) is 10.7. The number of H-pyrrole nitrogens is 1. The highest BCUT2D eigenvalue weighted by Gasteiger charge is 2.49. The molecule has 1 aliphatic heterocycles. The second-order valence-corrected chi connectivity index (χ2v) is 11.7. The van der Waals surface area contributed by atoms with Gasteiger partial charge in [-0.3, -0.25) is 9.59 Å². The van der Waals surface area contributed by atoms with E-state index in [1.54, 1.807) is 6.20 Å². The number of fused-ring (bicyclic) bond motifs is 3. The van der Waals surface area contributed by atoms with Crippen LogP contribution in [0.4, 0.5) is 13.2 Å². The molecule has 1 fully saturated rings. The van der Waals surface area contributed by atoms with E-state index < -0.39 is 24.0 Å². The summed E-state index contributed by atoms with van der Waals surface area (Å²) in [6, 6.07) is 15.0. The average molecular weight is 586 g/mol. The maximum Gasteiger partial charge on any atom is 0.405 e. The van der Waals surface area contributed by atoms with Gasteiger partial charge < -0.3 is 20.1 Å². The molecule has 1 aromatic heterocycles. The molecule has 11 heteroatoms. The number of alkyl halides is 3. The van der Waals surface area contributed by atoms with Crippen molar-refractivity contribution in [1.82, 2.24) is 25.1 Å². The van der Waals surface area contributed by atoms with Crippen molar-refractivity contribution in [2.45, 2.75) is 42.4 Å². The summed E-state index contributed by atoms with van der Waals surface area (Å²) < 4.78 is 39.2. The lowest BCUT2D eigenvalue weighted by Gasteiger charge is -2.32. The summed E-state index contributed by atoms with van der Waals surface area (Å²) in [6.45, 7) is 1.73. The second kappa shape index (κ2) is 12.3. The van der Waals surface area contributed by atoms with Crippen molar-refractivity contribution in [3.8, 4) is 11.1 Å². The fraction of sp³-hybridized carbons (Fsp3) is 0.433. The predicted octanol–water partition coefficient (Wildman–Crippen LogP) is 5.10. The smallest absolute Gasteiger partial charge is 0.346 e. The standard InChI is InChI=1S/C30H34F3N5O2S/c1-37-14-16-38(17-15-37)26(39)25-19-34-28(36-25)41-18-8-2-7-13-29(27(40)35-20-30(31,32)33)23-11-5-3-9-21(23)22-10-4-6-12-24(22)29/h3-6,9-12,19H,2,7-8,13-18,20H2,1H3,(H,34,36)(H,35,40). The zero-order valence-corrected chi connectivity index (χ0v) is 23.8. The van der Waals surface area contributed by atoms with E-state index in [4.69, 9.17) is 0 Å². The van der Waals surface area contributed by atoms with Crippen LogP contribution in [0.15, 0.2) is 59.9 Å². The Bertz CT molecular complexity index is 1340. The number of carbonyl (C=O) groups excluding carboxylic acids is 2. The number of nitrogens with one attached hydrogen (secondary N) is 2. The number of hydrogen-bond donors (Lipinski definition) is 2. The number of likely N-dealkylation sites (N-methyl/N-ethyl adjacent to an activating group) is 1. The lowest BCUT2D eigenvalue weighted by Crippen LogP contribution is -2.47. The molecule has 0 atom stereocenters. The van der Waals surface area contributed by atoms with Gasteiger partial charge in [-0.05, 0) is 42.1 Å². The number of benzene rings is 2. The van der Waals surface area contributed by atoms with E-state index in [9.17, 15) is 22.8 Å². The molecule has 0 bridgehead atoms. The first-order chi connectivity index (χ1) is 19.7. The van der Waals surface area contributed by atoms with Crippen LogP contribution in [0.5, 0.6) is 0 Å². The highest BCUT2D eigenvalue weighted by molar-refractivity contribution is 7.99. The van der Waals surface area contributed by atoms with Crippen LogP contribution >= 0.6 is 11.8 Å². The molecule has 2 amide bonds. The first kappa shape index (κ1) is 29.2. The van der Waals surface area contributed by atoms with Crippen molar-refractivity contribution in [3.63, 3.8) is 0 Å². The minimum absolute atomic E-state index is 0.0383. The van der Waals surface area contributed by atoms with Crippen molar-refractivity contribution in [3.05, 3.63) is 71.5 Å². The summed E-state index contributed by atoms with van der Waals surface area (Å²) in [5, 5.41) is 2.87. The quantitative estimate of drug-likeness (QED) is 0.256. The number of rotatable bonds is 10. The van der Waals surface area contributed by atoms with E-state index >= 15 is 0 Å². The lowest BCUT2D eigenvalue weighted by molar-refractivity contribution is -0.141. The van der Waals surface area contributed by atoms with E-state index in [0.29, 0.717) is 36.8 Å². The Morgan fingerprint density at radius 2 is 1.61 bits per heavy atom. The molecule has 5 rings (SSSR count).